The quantitative estimate of drug-likeness (QED) is 0.484. The van der Waals surface area contributed by atoms with Crippen LogP contribution in [0.5, 0.6) is 0 Å². The van der Waals surface area contributed by atoms with Crippen LogP contribution < -0.4 is 10.9 Å². The SMILES string of the molecule is O=C(CCc1ccco1)NNC(=O)c1nc(-c2ccccc2)n(-c2ccccc2)n1. The highest BCUT2D eigenvalue weighted by Gasteiger charge is 2.19. The molecule has 30 heavy (non-hydrogen) atoms. The molecule has 0 aliphatic heterocycles. The molecule has 8 nitrogen and oxygen atoms in total. The van der Waals surface area contributed by atoms with E-state index >= 15 is 0 Å². The van der Waals surface area contributed by atoms with Crippen LogP contribution in [0.15, 0.2) is 83.5 Å². The average Bonchev–Trinajstić information content (AvgIpc) is 3.47. The van der Waals surface area contributed by atoms with E-state index in [1.807, 2.05) is 60.7 Å². The third kappa shape index (κ3) is 4.44. The topological polar surface area (TPSA) is 102 Å². The molecule has 2 aromatic heterocycles. The number of furan rings is 1. The molecule has 0 spiro atoms. The summed E-state index contributed by atoms with van der Waals surface area (Å²) in [6.45, 7) is 0. The van der Waals surface area contributed by atoms with E-state index in [4.69, 9.17) is 4.42 Å². The number of benzene rings is 2. The van der Waals surface area contributed by atoms with Crippen molar-refractivity contribution in [3.8, 4) is 17.1 Å². The van der Waals surface area contributed by atoms with Gasteiger partial charge in [-0.3, -0.25) is 20.4 Å². The second-order valence-corrected chi connectivity index (χ2v) is 6.45. The van der Waals surface area contributed by atoms with Gasteiger partial charge in [0.15, 0.2) is 5.82 Å². The highest BCUT2D eigenvalue weighted by molar-refractivity contribution is 5.92. The van der Waals surface area contributed by atoms with Crippen LogP contribution in [-0.4, -0.2) is 26.6 Å². The minimum atomic E-state index is -0.604. The molecular weight excluding hydrogens is 382 g/mol. The Morgan fingerprint density at radius 1 is 0.900 bits per heavy atom. The molecule has 0 aliphatic carbocycles. The lowest BCUT2D eigenvalue weighted by molar-refractivity contribution is -0.121. The highest BCUT2D eigenvalue weighted by atomic mass is 16.3. The number of hydrazine groups is 1. The van der Waals surface area contributed by atoms with Crippen molar-refractivity contribution in [3.63, 3.8) is 0 Å². The zero-order valence-corrected chi connectivity index (χ0v) is 16.0. The van der Waals surface area contributed by atoms with Crippen LogP contribution in [0.4, 0.5) is 0 Å². The number of hydrogen-bond donors (Lipinski definition) is 2. The van der Waals surface area contributed by atoms with E-state index in [1.165, 1.54) is 0 Å². The molecule has 0 radical (unpaired) electrons. The van der Waals surface area contributed by atoms with Crippen molar-refractivity contribution in [3.05, 3.63) is 90.6 Å². The van der Waals surface area contributed by atoms with Gasteiger partial charge in [0.25, 0.3) is 0 Å². The number of para-hydroxylation sites is 1. The van der Waals surface area contributed by atoms with Crippen LogP contribution in [-0.2, 0) is 11.2 Å². The number of carbonyl (C=O) groups excluding carboxylic acids is 2. The molecule has 8 heteroatoms. The Bertz CT molecular complexity index is 1070. The van der Waals surface area contributed by atoms with Gasteiger partial charge in [0.1, 0.15) is 5.76 Å². The summed E-state index contributed by atoms with van der Waals surface area (Å²) < 4.78 is 6.79. The zero-order chi connectivity index (χ0) is 20.8. The van der Waals surface area contributed by atoms with Crippen molar-refractivity contribution in [2.45, 2.75) is 12.8 Å². The van der Waals surface area contributed by atoms with Crippen molar-refractivity contribution in [2.24, 2.45) is 0 Å². The molecule has 0 bridgehead atoms. The summed E-state index contributed by atoms with van der Waals surface area (Å²) in [5.41, 5.74) is 6.33. The maximum absolute atomic E-state index is 12.5. The standard InChI is InChI=1S/C22H19N5O3/c28-19(14-13-18-12-7-15-30-18)24-25-22(29)20-23-21(16-8-3-1-4-9-16)27(26-20)17-10-5-2-6-11-17/h1-12,15H,13-14H2,(H,24,28)(H,25,29). The number of aromatic nitrogens is 3. The first-order valence-electron chi connectivity index (χ1n) is 9.40. The van der Waals surface area contributed by atoms with E-state index in [2.05, 4.69) is 20.9 Å². The molecule has 2 N–H and O–H groups in total. The summed E-state index contributed by atoms with van der Waals surface area (Å²) in [5, 5.41) is 4.35. The minimum Gasteiger partial charge on any atom is -0.469 e. The normalized spacial score (nSPS) is 10.5. The number of hydrogen-bond acceptors (Lipinski definition) is 5. The van der Waals surface area contributed by atoms with Crippen LogP contribution in [0.1, 0.15) is 22.8 Å². The summed E-state index contributed by atoms with van der Waals surface area (Å²) in [6, 6.07) is 22.4. The molecule has 2 heterocycles. The second-order valence-electron chi connectivity index (χ2n) is 6.45. The minimum absolute atomic E-state index is 0.0518. The molecule has 0 unspecified atom stereocenters. The first-order valence-corrected chi connectivity index (χ1v) is 9.40. The van der Waals surface area contributed by atoms with Crippen LogP contribution in [0.3, 0.4) is 0 Å². The summed E-state index contributed by atoms with van der Waals surface area (Å²) in [5.74, 6) is 0.228. The van der Waals surface area contributed by atoms with Crippen molar-refractivity contribution >= 4 is 11.8 Å². The molecule has 0 fully saturated rings. The van der Waals surface area contributed by atoms with Gasteiger partial charge in [0, 0.05) is 18.4 Å². The summed E-state index contributed by atoms with van der Waals surface area (Å²) in [4.78, 5) is 28.9. The van der Waals surface area contributed by atoms with E-state index in [-0.39, 0.29) is 18.2 Å². The van der Waals surface area contributed by atoms with Crippen molar-refractivity contribution < 1.29 is 14.0 Å². The number of rotatable bonds is 6. The van der Waals surface area contributed by atoms with E-state index in [0.29, 0.717) is 18.0 Å². The van der Waals surface area contributed by atoms with Gasteiger partial charge in [-0.2, -0.15) is 0 Å². The fourth-order valence-electron chi connectivity index (χ4n) is 2.87. The van der Waals surface area contributed by atoms with Gasteiger partial charge >= 0.3 is 5.91 Å². The summed E-state index contributed by atoms with van der Waals surface area (Å²) >= 11 is 0. The second kappa shape index (κ2) is 8.87. The van der Waals surface area contributed by atoms with E-state index in [1.54, 1.807) is 23.1 Å². The smallest absolute Gasteiger partial charge is 0.309 e. The van der Waals surface area contributed by atoms with Gasteiger partial charge in [0.05, 0.1) is 12.0 Å². The van der Waals surface area contributed by atoms with Gasteiger partial charge in [-0.15, -0.1) is 5.10 Å². The number of aryl methyl sites for hydroxylation is 1. The zero-order valence-electron chi connectivity index (χ0n) is 16.0. The Morgan fingerprint density at radius 2 is 1.63 bits per heavy atom. The molecule has 0 aliphatic rings. The Morgan fingerprint density at radius 3 is 2.33 bits per heavy atom. The largest absolute Gasteiger partial charge is 0.469 e. The van der Waals surface area contributed by atoms with E-state index < -0.39 is 5.91 Å². The maximum Gasteiger partial charge on any atom is 0.309 e. The van der Waals surface area contributed by atoms with Crippen LogP contribution in [0.25, 0.3) is 17.1 Å². The fraction of sp³-hybridized carbons (Fsp3) is 0.0909. The van der Waals surface area contributed by atoms with E-state index in [0.717, 1.165) is 11.3 Å². The predicted octanol–water partition coefficient (Wildman–Crippen LogP) is 2.92. The van der Waals surface area contributed by atoms with Crippen LogP contribution >= 0.6 is 0 Å². The Balaban J connectivity index is 1.49. The Labute approximate surface area is 172 Å². The average molecular weight is 401 g/mol. The van der Waals surface area contributed by atoms with Crippen molar-refractivity contribution in [1.29, 1.82) is 0 Å². The monoisotopic (exact) mass is 401 g/mol. The lowest BCUT2D eigenvalue weighted by Gasteiger charge is -2.05. The molecule has 0 saturated carbocycles. The first-order chi connectivity index (χ1) is 14.7. The third-order valence-corrected chi connectivity index (χ3v) is 4.34. The van der Waals surface area contributed by atoms with Crippen LogP contribution in [0, 0.1) is 0 Å². The van der Waals surface area contributed by atoms with Gasteiger partial charge < -0.3 is 4.42 Å². The summed E-state index contributed by atoms with van der Waals surface area (Å²) in [7, 11) is 0. The lowest BCUT2D eigenvalue weighted by atomic mass is 10.2. The fourth-order valence-corrected chi connectivity index (χ4v) is 2.87. The van der Waals surface area contributed by atoms with Gasteiger partial charge in [-0.25, -0.2) is 9.67 Å². The molecule has 0 atom stereocenters. The van der Waals surface area contributed by atoms with Crippen molar-refractivity contribution in [1.82, 2.24) is 25.6 Å². The predicted molar refractivity (Wildman–Crippen MR) is 109 cm³/mol. The molecule has 2 amide bonds. The van der Waals surface area contributed by atoms with Gasteiger partial charge in [-0.05, 0) is 24.3 Å². The first kappa shape index (κ1) is 19.1. The Kier molecular flexibility index (Phi) is 5.66. The number of nitrogens with one attached hydrogen (secondary N) is 2. The van der Waals surface area contributed by atoms with E-state index in [9.17, 15) is 9.59 Å². The summed E-state index contributed by atoms with van der Waals surface area (Å²) in [6.07, 6.45) is 2.16. The van der Waals surface area contributed by atoms with Gasteiger partial charge in [-0.1, -0.05) is 48.5 Å². The molecule has 2 aromatic carbocycles. The molecule has 0 saturated heterocycles. The molecule has 4 aromatic rings. The molecular formula is C22H19N5O3. The number of carbonyl (C=O) groups is 2. The maximum atomic E-state index is 12.5. The van der Waals surface area contributed by atoms with Crippen molar-refractivity contribution in [2.75, 3.05) is 0 Å². The third-order valence-electron chi connectivity index (χ3n) is 4.34. The van der Waals surface area contributed by atoms with Gasteiger partial charge in [0.2, 0.25) is 11.7 Å². The lowest BCUT2D eigenvalue weighted by Crippen LogP contribution is -2.42. The van der Waals surface area contributed by atoms with Crippen LogP contribution in [0.2, 0.25) is 0 Å². The molecule has 4 rings (SSSR count). The molecule has 150 valence electrons. The number of amides is 2. The highest BCUT2D eigenvalue weighted by Crippen LogP contribution is 2.20. The Hall–Kier alpha value is -4.20. The number of nitrogens with zero attached hydrogens (tertiary/aromatic N) is 3.